The van der Waals surface area contributed by atoms with Crippen LogP contribution in [0.4, 0.5) is 4.79 Å². The predicted octanol–water partition coefficient (Wildman–Crippen LogP) is 1.02. The molecule has 0 aromatic heterocycles. The Morgan fingerprint density at radius 3 is 2.35 bits per heavy atom. The van der Waals surface area contributed by atoms with E-state index in [1.165, 1.54) is 0 Å². The van der Waals surface area contributed by atoms with Gasteiger partial charge in [0.2, 0.25) is 5.91 Å². The third-order valence-corrected chi connectivity index (χ3v) is 3.03. The van der Waals surface area contributed by atoms with Crippen LogP contribution in [0.15, 0.2) is 0 Å². The monoisotopic (exact) mass is 285 g/mol. The van der Waals surface area contributed by atoms with Crippen LogP contribution in [0.1, 0.15) is 40.0 Å². The van der Waals surface area contributed by atoms with Gasteiger partial charge in [0.25, 0.3) is 0 Å². The quantitative estimate of drug-likeness (QED) is 0.659. The molecule has 0 aromatic carbocycles. The molecule has 1 saturated heterocycles. The minimum Gasteiger partial charge on any atom is -0.444 e. The van der Waals surface area contributed by atoms with E-state index in [2.05, 4.69) is 16.0 Å². The van der Waals surface area contributed by atoms with E-state index in [1.54, 1.807) is 0 Å². The first kappa shape index (κ1) is 16.8. The molecular formula is C14H27N3O3. The van der Waals surface area contributed by atoms with Crippen molar-refractivity contribution in [1.29, 1.82) is 0 Å². The number of ether oxygens (including phenoxy) is 1. The second kappa shape index (κ2) is 8.09. The summed E-state index contributed by atoms with van der Waals surface area (Å²) >= 11 is 0. The smallest absolute Gasteiger partial charge is 0.407 e. The number of piperidine rings is 1. The second-order valence-electron chi connectivity index (χ2n) is 6.10. The normalized spacial score (nSPS) is 16.6. The molecule has 0 bridgehead atoms. The van der Waals surface area contributed by atoms with Crippen LogP contribution in [0, 0.1) is 5.92 Å². The van der Waals surface area contributed by atoms with E-state index in [9.17, 15) is 9.59 Å². The first-order valence-corrected chi connectivity index (χ1v) is 7.34. The highest BCUT2D eigenvalue weighted by molar-refractivity contribution is 5.78. The molecule has 3 N–H and O–H groups in total. The van der Waals surface area contributed by atoms with Gasteiger partial charge in [-0.05, 0) is 53.1 Å². The fraction of sp³-hybridized carbons (Fsp3) is 0.857. The Bertz CT molecular complexity index is 320. The minimum absolute atomic E-state index is 0.128. The Kier molecular flexibility index (Phi) is 6.78. The molecule has 0 spiro atoms. The van der Waals surface area contributed by atoms with Crippen LogP contribution in [0.3, 0.4) is 0 Å². The standard InChI is InChI=1S/C14H27N3O3/c1-14(2,3)20-13(19)17-8-4-7-16-12(18)11-5-9-15-10-6-11/h11,15H,4-10H2,1-3H3,(H,16,18)(H,17,19). The van der Waals surface area contributed by atoms with Crippen molar-refractivity contribution in [3.8, 4) is 0 Å². The number of rotatable bonds is 5. The molecule has 20 heavy (non-hydrogen) atoms. The van der Waals surface area contributed by atoms with E-state index in [0.717, 1.165) is 25.9 Å². The third-order valence-electron chi connectivity index (χ3n) is 3.03. The molecule has 2 amide bonds. The van der Waals surface area contributed by atoms with Gasteiger partial charge in [-0.1, -0.05) is 0 Å². The van der Waals surface area contributed by atoms with Crippen molar-refractivity contribution >= 4 is 12.0 Å². The summed E-state index contributed by atoms with van der Waals surface area (Å²) in [6.45, 7) is 8.39. The fourth-order valence-corrected chi connectivity index (χ4v) is 2.03. The highest BCUT2D eigenvalue weighted by Gasteiger charge is 2.20. The number of hydrogen-bond donors (Lipinski definition) is 3. The SMILES string of the molecule is CC(C)(C)OC(=O)NCCCNC(=O)C1CCNCC1. The number of hydrogen-bond acceptors (Lipinski definition) is 4. The zero-order valence-electron chi connectivity index (χ0n) is 12.8. The van der Waals surface area contributed by atoms with Crippen LogP contribution in [0.5, 0.6) is 0 Å². The van der Waals surface area contributed by atoms with Gasteiger partial charge < -0.3 is 20.7 Å². The van der Waals surface area contributed by atoms with E-state index in [4.69, 9.17) is 4.74 Å². The second-order valence-corrected chi connectivity index (χ2v) is 6.10. The highest BCUT2D eigenvalue weighted by Crippen LogP contribution is 2.11. The van der Waals surface area contributed by atoms with E-state index in [0.29, 0.717) is 19.5 Å². The summed E-state index contributed by atoms with van der Waals surface area (Å²) in [5.74, 6) is 0.263. The Hall–Kier alpha value is -1.30. The van der Waals surface area contributed by atoms with Crippen LogP contribution in [-0.4, -0.2) is 43.8 Å². The number of carbonyl (C=O) groups excluding carboxylic acids is 2. The minimum atomic E-state index is -0.479. The van der Waals surface area contributed by atoms with Crippen LogP contribution < -0.4 is 16.0 Å². The molecular weight excluding hydrogens is 258 g/mol. The third kappa shape index (κ3) is 7.33. The maximum Gasteiger partial charge on any atom is 0.407 e. The Balaban J connectivity index is 2.04. The van der Waals surface area contributed by atoms with Gasteiger partial charge in [0.15, 0.2) is 0 Å². The lowest BCUT2D eigenvalue weighted by molar-refractivity contribution is -0.125. The predicted molar refractivity (Wildman–Crippen MR) is 77.5 cm³/mol. The van der Waals surface area contributed by atoms with Crippen molar-refractivity contribution in [3.63, 3.8) is 0 Å². The van der Waals surface area contributed by atoms with Crippen LogP contribution in [0.25, 0.3) is 0 Å². The number of alkyl carbamates (subject to hydrolysis) is 1. The van der Waals surface area contributed by atoms with Crippen molar-refractivity contribution in [3.05, 3.63) is 0 Å². The maximum absolute atomic E-state index is 11.8. The molecule has 0 unspecified atom stereocenters. The summed E-state index contributed by atoms with van der Waals surface area (Å²) in [4.78, 5) is 23.2. The number of nitrogens with one attached hydrogen (secondary N) is 3. The van der Waals surface area contributed by atoms with Crippen LogP contribution in [-0.2, 0) is 9.53 Å². The molecule has 1 fully saturated rings. The van der Waals surface area contributed by atoms with E-state index >= 15 is 0 Å². The van der Waals surface area contributed by atoms with Gasteiger partial charge in [0.05, 0.1) is 0 Å². The molecule has 1 rings (SSSR count). The first-order chi connectivity index (χ1) is 9.38. The van der Waals surface area contributed by atoms with Crippen molar-refractivity contribution < 1.29 is 14.3 Å². The molecule has 0 saturated carbocycles. The molecule has 1 heterocycles. The molecule has 6 heteroatoms. The molecule has 0 radical (unpaired) electrons. The Labute approximate surface area is 121 Å². The lowest BCUT2D eigenvalue weighted by Crippen LogP contribution is -2.39. The van der Waals surface area contributed by atoms with Crippen molar-refractivity contribution in [2.24, 2.45) is 5.92 Å². The lowest BCUT2D eigenvalue weighted by atomic mass is 9.97. The summed E-state index contributed by atoms with van der Waals surface area (Å²) in [5, 5.41) is 8.82. The van der Waals surface area contributed by atoms with Gasteiger partial charge in [0, 0.05) is 19.0 Å². The van der Waals surface area contributed by atoms with Crippen LogP contribution >= 0.6 is 0 Å². The van der Waals surface area contributed by atoms with Crippen molar-refractivity contribution in [2.45, 2.75) is 45.6 Å². The average Bonchev–Trinajstić information content (AvgIpc) is 2.37. The average molecular weight is 285 g/mol. The van der Waals surface area contributed by atoms with E-state index in [-0.39, 0.29) is 11.8 Å². The first-order valence-electron chi connectivity index (χ1n) is 7.34. The zero-order chi connectivity index (χ0) is 15.0. The molecule has 1 aliphatic rings. The summed E-state index contributed by atoms with van der Waals surface area (Å²) < 4.78 is 5.12. The summed E-state index contributed by atoms with van der Waals surface area (Å²) in [7, 11) is 0. The summed E-state index contributed by atoms with van der Waals surface area (Å²) in [6, 6.07) is 0. The summed E-state index contributed by atoms with van der Waals surface area (Å²) in [6.07, 6.45) is 2.10. The number of amides is 2. The number of carbonyl (C=O) groups is 2. The van der Waals surface area contributed by atoms with E-state index in [1.807, 2.05) is 20.8 Å². The largest absolute Gasteiger partial charge is 0.444 e. The van der Waals surface area contributed by atoms with Gasteiger partial charge in [0.1, 0.15) is 5.60 Å². The molecule has 6 nitrogen and oxygen atoms in total. The van der Waals surface area contributed by atoms with Crippen molar-refractivity contribution in [1.82, 2.24) is 16.0 Å². The highest BCUT2D eigenvalue weighted by atomic mass is 16.6. The van der Waals surface area contributed by atoms with Crippen LogP contribution in [0.2, 0.25) is 0 Å². The molecule has 0 aliphatic carbocycles. The summed E-state index contributed by atoms with van der Waals surface area (Å²) in [5.41, 5.74) is -0.479. The molecule has 0 atom stereocenters. The zero-order valence-corrected chi connectivity index (χ0v) is 12.8. The maximum atomic E-state index is 11.8. The van der Waals surface area contributed by atoms with E-state index < -0.39 is 11.7 Å². The van der Waals surface area contributed by atoms with Gasteiger partial charge in [-0.2, -0.15) is 0 Å². The Morgan fingerprint density at radius 1 is 1.15 bits per heavy atom. The van der Waals surface area contributed by atoms with Gasteiger partial charge in [-0.3, -0.25) is 4.79 Å². The molecule has 0 aromatic rings. The topological polar surface area (TPSA) is 79.5 Å². The Morgan fingerprint density at radius 2 is 1.75 bits per heavy atom. The fourth-order valence-electron chi connectivity index (χ4n) is 2.03. The molecule has 1 aliphatic heterocycles. The van der Waals surface area contributed by atoms with Gasteiger partial charge in [-0.25, -0.2) is 4.79 Å². The lowest BCUT2D eigenvalue weighted by Gasteiger charge is -2.22. The molecule has 116 valence electrons. The van der Waals surface area contributed by atoms with Gasteiger partial charge >= 0.3 is 6.09 Å². The van der Waals surface area contributed by atoms with Crippen molar-refractivity contribution in [2.75, 3.05) is 26.2 Å². The van der Waals surface area contributed by atoms with Gasteiger partial charge in [-0.15, -0.1) is 0 Å².